The van der Waals surface area contributed by atoms with E-state index in [0.29, 0.717) is 5.92 Å². The van der Waals surface area contributed by atoms with Crippen molar-refractivity contribution in [3.05, 3.63) is 54.1 Å². The van der Waals surface area contributed by atoms with Gasteiger partial charge in [-0.05, 0) is 44.4 Å². The molecular formula is C22H30N2O2. The van der Waals surface area contributed by atoms with Crippen molar-refractivity contribution in [3.8, 4) is 11.5 Å². The van der Waals surface area contributed by atoms with Gasteiger partial charge in [0.1, 0.15) is 11.5 Å². The third-order valence-corrected chi connectivity index (χ3v) is 4.79. The molecule has 1 atom stereocenters. The van der Waals surface area contributed by atoms with Gasteiger partial charge in [0.2, 0.25) is 0 Å². The van der Waals surface area contributed by atoms with Gasteiger partial charge in [-0.15, -0.1) is 0 Å². The molecule has 2 aromatic rings. The Hall–Kier alpha value is -2.20. The van der Waals surface area contributed by atoms with Gasteiger partial charge in [-0.2, -0.15) is 0 Å². The highest BCUT2D eigenvalue weighted by Gasteiger charge is 2.22. The maximum absolute atomic E-state index is 5.90. The van der Waals surface area contributed by atoms with Crippen LogP contribution >= 0.6 is 0 Å². The SMILES string of the molecule is COc1cccc(N2CCC(CNCc3ccccc3OC(C)C)C2)c1. The molecule has 0 amide bonds. The molecule has 0 aliphatic carbocycles. The molecule has 0 spiro atoms. The first-order chi connectivity index (χ1) is 12.7. The van der Waals surface area contributed by atoms with Crippen LogP contribution in [0.5, 0.6) is 11.5 Å². The number of ether oxygens (including phenoxy) is 2. The molecule has 4 nitrogen and oxygen atoms in total. The van der Waals surface area contributed by atoms with E-state index < -0.39 is 0 Å². The number of para-hydroxylation sites is 1. The van der Waals surface area contributed by atoms with Crippen molar-refractivity contribution >= 4 is 5.69 Å². The van der Waals surface area contributed by atoms with Crippen LogP contribution in [0.4, 0.5) is 5.69 Å². The van der Waals surface area contributed by atoms with Crippen LogP contribution in [0.2, 0.25) is 0 Å². The van der Waals surface area contributed by atoms with Gasteiger partial charge in [0, 0.05) is 43.5 Å². The minimum atomic E-state index is 0.197. The fourth-order valence-corrected chi connectivity index (χ4v) is 3.47. The Morgan fingerprint density at radius 3 is 2.81 bits per heavy atom. The maximum atomic E-state index is 5.90. The molecule has 0 saturated carbocycles. The van der Waals surface area contributed by atoms with E-state index in [1.165, 1.54) is 17.7 Å². The standard InChI is InChI=1S/C22H30N2O2/c1-17(2)26-22-10-5-4-7-19(22)15-23-14-18-11-12-24(16-18)20-8-6-9-21(13-20)25-3/h4-10,13,17-18,23H,11-12,14-16H2,1-3H3. The molecule has 1 unspecified atom stereocenters. The van der Waals surface area contributed by atoms with E-state index in [2.05, 4.69) is 60.5 Å². The van der Waals surface area contributed by atoms with Crippen molar-refractivity contribution in [1.29, 1.82) is 0 Å². The van der Waals surface area contributed by atoms with Crippen LogP contribution in [-0.2, 0) is 6.54 Å². The quantitative estimate of drug-likeness (QED) is 0.774. The highest BCUT2D eigenvalue weighted by Crippen LogP contribution is 2.27. The van der Waals surface area contributed by atoms with Crippen molar-refractivity contribution in [2.75, 3.05) is 31.6 Å². The summed E-state index contributed by atoms with van der Waals surface area (Å²) in [6, 6.07) is 16.6. The molecule has 1 fully saturated rings. The lowest BCUT2D eigenvalue weighted by atomic mass is 10.1. The number of nitrogens with zero attached hydrogens (tertiary/aromatic N) is 1. The third-order valence-electron chi connectivity index (χ3n) is 4.79. The van der Waals surface area contributed by atoms with Crippen LogP contribution in [0.15, 0.2) is 48.5 Å². The zero-order valence-corrected chi connectivity index (χ0v) is 16.1. The summed E-state index contributed by atoms with van der Waals surface area (Å²) in [7, 11) is 1.72. The van der Waals surface area contributed by atoms with Crippen LogP contribution in [-0.4, -0.2) is 32.8 Å². The second kappa shape index (κ2) is 8.95. The molecule has 1 heterocycles. The van der Waals surface area contributed by atoms with Crippen molar-refractivity contribution in [3.63, 3.8) is 0 Å². The van der Waals surface area contributed by atoms with E-state index in [9.17, 15) is 0 Å². The molecule has 0 radical (unpaired) electrons. The van der Waals surface area contributed by atoms with E-state index in [0.717, 1.165) is 37.7 Å². The molecule has 1 saturated heterocycles. The molecule has 0 aromatic heterocycles. The first kappa shape index (κ1) is 18.6. The van der Waals surface area contributed by atoms with E-state index in [4.69, 9.17) is 9.47 Å². The fraction of sp³-hybridized carbons (Fsp3) is 0.455. The normalized spacial score (nSPS) is 16.9. The topological polar surface area (TPSA) is 33.7 Å². The monoisotopic (exact) mass is 354 g/mol. The summed E-state index contributed by atoms with van der Waals surface area (Å²) in [5.74, 6) is 2.57. The van der Waals surface area contributed by atoms with Crippen molar-refractivity contribution in [2.45, 2.75) is 32.9 Å². The van der Waals surface area contributed by atoms with Gasteiger partial charge >= 0.3 is 0 Å². The molecular weight excluding hydrogens is 324 g/mol. The molecule has 26 heavy (non-hydrogen) atoms. The molecule has 1 N–H and O–H groups in total. The lowest BCUT2D eigenvalue weighted by molar-refractivity contribution is 0.239. The Balaban J connectivity index is 1.49. The number of hydrogen-bond acceptors (Lipinski definition) is 4. The van der Waals surface area contributed by atoms with E-state index in [-0.39, 0.29) is 6.10 Å². The minimum absolute atomic E-state index is 0.197. The van der Waals surface area contributed by atoms with Crippen molar-refractivity contribution in [1.82, 2.24) is 5.32 Å². The Morgan fingerprint density at radius 1 is 1.15 bits per heavy atom. The average Bonchev–Trinajstić information content (AvgIpc) is 3.12. The Morgan fingerprint density at radius 2 is 2.00 bits per heavy atom. The van der Waals surface area contributed by atoms with Gasteiger partial charge in [-0.25, -0.2) is 0 Å². The van der Waals surface area contributed by atoms with Crippen LogP contribution in [0.3, 0.4) is 0 Å². The number of methoxy groups -OCH3 is 1. The second-order valence-electron chi connectivity index (χ2n) is 7.21. The zero-order valence-electron chi connectivity index (χ0n) is 16.1. The molecule has 4 heteroatoms. The molecule has 3 rings (SSSR count). The number of nitrogens with one attached hydrogen (secondary N) is 1. The van der Waals surface area contributed by atoms with Crippen LogP contribution in [0.1, 0.15) is 25.8 Å². The van der Waals surface area contributed by atoms with E-state index >= 15 is 0 Å². The zero-order chi connectivity index (χ0) is 18.4. The smallest absolute Gasteiger partial charge is 0.124 e. The Bertz CT molecular complexity index is 702. The summed E-state index contributed by atoms with van der Waals surface area (Å²) < 4.78 is 11.2. The second-order valence-corrected chi connectivity index (χ2v) is 7.21. The summed E-state index contributed by atoms with van der Waals surface area (Å²) in [4.78, 5) is 2.45. The third kappa shape index (κ3) is 4.92. The maximum Gasteiger partial charge on any atom is 0.124 e. The van der Waals surface area contributed by atoms with Crippen LogP contribution in [0.25, 0.3) is 0 Å². The summed E-state index contributed by atoms with van der Waals surface area (Å²) in [5, 5.41) is 3.62. The molecule has 0 bridgehead atoms. The number of anilines is 1. The molecule has 2 aromatic carbocycles. The molecule has 140 valence electrons. The first-order valence-electron chi connectivity index (χ1n) is 9.50. The summed E-state index contributed by atoms with van der Waals surface area (Å²) in [6.45, 7) is 8.19. The molecule has 1 aliphatic heterocycles. The molecule has 1 aliphatic rings. The lowest BCUT2D eigenvalue weighted by Gasteiger charge is -2.20. The van der Waals surface area contributed by atoms with E-state index in [1.807, 2.05) is 12.1 Å². The summed E-state index contributed by atoms with van der Waals surface area (Å²) in [6.07, 6.45) is 1.41. The first-order valence-corrected chi connectivity index (χ1v) is 9.50. The van der Waals surface area contributed by atoms with Gasteiger partial charge in [0.15, 0.2) is 0 Å². The number of benzene rings is 2. The van der Waals surface area contributed by atoms with Gasteiger partial charge in [0.25, 0.3) is 0 Å². The lowest BCUT2D eigenvalue weighted by Crippen LogP contribution is -2.26. The predicted molar refractivity (Wildman–Crippen MR) is 107 cm³/mol. The Labute approximate surface area is 157 Å². The highest BCUT2D eigenvalue weighted by atomic mass is 16.5. The van der Waals surface area contributed by atoms with Gasteiger partial charge in [0.05, 0.1) is 13.2 Å². The predicted octanol–water partition coefficient (Wildman–Crippen LogP) is 4.10. The van der Waals surface area contributed by atoms with Gasteiger partial charge < -0.3 is 19.7 Å². The van der Waals surface area contributed by atoms with Gasteiger partial charge in [-0.3, -0.25) is 0 Å². The van der Waals surface area contributed by atoms with Crippen LogP contribution in [0, 0.1) is 5.92 Å². The van der Waals surface area contributed by atoms with Crippen LogP contribution < -0.4 is 19.7 Å². The summed E-state index contributed by atoms with van der Waals surface area (Å²) in [5.41, 5.74) is 2.48. The Kier molecular flexibility index (Phi) is 6.40. The number of rotatable bonds is 8. The highest BCUT2D eigenvalue weighted by molar-refractivity contribution is 5.51. The average molecular weight is 354 g/mol. The van der Waals surface area contributed by atoms with Crippen molar-refractivity contribution in [2.24, 2.45) is 5.92 Å². The number of hydrogen-bond donors (Lipinski definition) is 1. The largest absolute Gasteiger partial charge is 0.497 e. The van der Waals surface area contributed by atoms with Crippen molar-refractivity contribution < 1.29 is 9.47 Å². The minimum Gasteiger partial charge on any atom is -0.497 e. The fourth-order valence-electron chi connectivity index (χ4n) is 3.47. The van der Waals surface area contributed by atoms with Gasteiger partial charge in [-0.1, -0.05) is 24.3 Å². The van der Waals surface area contributed by atoms with E-state index in [1.54, 1.807) is 7.11 Å². The summed E-state index contributed by atoms with van der Waals surface area (Å²) >= 11 is 0.